The first-order valence-corrected chi connectivity index (χ1v) is 16.1. The molecule has 1 amide bonds. The molecule has 4 heterocycles. The lowest BCUT2D eigenvalue weighted by atomic mass is 9.93. The minimum Gasteiger partial charge on any atom is -0.481 e. The van der Waals surface area contributed by atoms with Crippen molar-refractivity contribution in [1.29, 1.82) is 0 Å². The number of ether oxygens (including phenoxy) is 1. The van der Waals surface area contributed by atoms with Gasteiger partial charge in [-0.3, -0.25) is 19.4 Å². The highest BCUT2D eigenvalue weighted by molar-refractivity contribution is 6.35. The summed E-state index contributed by atoms with van der Waals surface area (Å²) < 4.78 is 6.18. The zero-order valence-electron chi connectivity index (χ0n) is 25.4. The number of aliphatic carboxylic acids is 1. The first-order valence-electron chi connectivity index (χ1n) is 15.4. The number of piperidine rings is 1. The fourth-order valence-electron chi connectivity index (χ4n) is 5.76. The van der Waals surface area contributed by atoms with Crippen LogP contribution >= 0.6 is 23.2 Å². The van der Waals surface area contributed by atoms with Crippen LogP contribution in [0.1, 0.15) is 38.2 Å². The summed E-state index contributed by atoms with van der Waals surface area (Å²) in [6, 6.07) is 9.31. The molecule has 0 radical (unpaired) electrons. The maximum atomic E-state index is 12.0. The van der Waals surface area contributed by atoms with Gasteiger partial charge in [-0.05, 0) is 68.6 Å². The van der Waals surface area contributed by atoms with Crippen LogP contribution in [-0.2, 0) is 16.1 Å². The van der Waals surface area contributed by atoms with Gasteiger partial charge in [-0.15, -0.1) is 0 Å². The molecule has 0 bridgehead atoms. The molecule has 0 unspecified atom stereocenters. The van der Waals surface area contributed by atoms with Gasteiger partial charge in [-0.25, -0.2) is 15.0 Å². The van der Waals surface area contributed by atoms with Crippen LogP contribution in [0.3, 0.4) is 0 Å². The van der Waals surface area contributed by atoms with Crippen LogP contribution in [0.5, 0.6) is 11.6 Å². The molecule has 3 aromatic rings. The predicted octanol–water partition coefficient (Wildman–Crippen LogP) is 4.97. The van der Waals surface area contributed by atoms with E-state index in [0.717, 1.165) is 63.2 Å². The number of hydrogen-bond acceptors (Lipinski definition) is 9. The summed E-state index contributed by atoms with van der Waals surface area (Å²) in [4.78, 5) is 43.4. The van der Waals surface area contributed by atoms with E-state index < -0.39 is 5.97 Å². The normalized spacial score (nSPS) is 16.5. The van der Waals surface area contributed by atoms with Gasteiger partial charge in [0.1, 0.15) is 0 Å². The van der Waals surface area contributed by atoms with Crippen molar-refractivity contribution < 1.29 is 19.4 Å². The van der Waals surface area contributed by atoms with Crippen LogP contribution in [0.15, 0.2) is 42.7 Å². The van der Waals surface area contributed by atoms with Gasteiger partial charge in [0.2, 0.25) is 17.7 Å². The lowest BCUT2D eigenvalue weighted by Gasteiger charge is -2.34. The number of anilines is 1. The van der Waals surface area contributed by atoms with Gasteiger partial charge < -0.3 is 20.1 Å². The number of likely N-dealkylation sites (tertiary alicyclic amines) is 1. The van der Waals surface area contributed by atoms with Crippen LogP contribution in [-0.4, -0.2) is 94.1 Å². The molecule has 2 fully saturated rings. The van der Waals surface area contributed by atoms with Gasteiger partial charge in [0, 0.05) is 73.9 Å². The topological polar surface area (TPSA) is 124 Å². The molecule has 2 aliphatic heterocycles. The molecule has 2 saturated heterocycles. The summed E-state index contributed by atoms with van der Waals surface area (Å²) in [6.45, 7) is 8.63. The quantitative estimate of drug-likeness (QED) is 0.276. The van der Waals surface area contributed by atoms with E-state index in [-0.39, 0.29) is 12.3 Å². The zero-order chi connectivity index (χ0) is 31.8. The van der Waals surface area contributed by atoms with E-state index in [1.54, 1.807) is 18.5 Å². The molecule has 5 rings (SSSR count). The van der Waals surface area contributed by atoms with Crippen molar-refractivity contribution >= 4 is 41.0 Å². The average Bonchev–Trinajstić information content (AvgIpc) is 3.01. The number of nitrogens with one attached hydrogen (secondary N) is 1. The molecule has 2 N–H and O–H groups in total. The number of carboxylic acids is 1. The number of benzene rings is 1. The Morgan fingerprint density at radius 3 is 2.29 bits per heavy atom. The fourth-order valence-corrected chi connectivity index (χ4v) is 6.29. The second kappa shape index (κ2) is 15.7. The van der Waals surface area contributed by atoms with Gasteiger partial charge in [0.25, 0.3) is 0 Å². The molecule has 11 nitrogen and oxygen atoms in total. The van der Waals surface area contributed by atoms with E-state index >= 15 is 0 Å². The highest BCUT2D eigenvalue weighted by atomic mass is 35.5. The smallest absolute Gasteiger partial charge is 0.304 e. The third kappa shape index (κ3) is 9.74. The lowest BCUT2D eigenvalue weighted by Crippen LogP contribution is -2.47. The number of amides is 1. The number of hydrogen-bond donors (Lipinski definition) is 2. The van der Waals surface area contributed by atoms with Gasteiger partial charge in [0.05, 0.1) is 24.5 Å². The van der Waals surface area contributed by atoms with E-state index in [0.29, 0.717) is 65.3 Å². The Morgan fingerprint density at radius 2 is 1.64 bits per heavy atom. The summed E-state index contributed by atoms with van der Waals surface area (Å²) in [5.74, 6) is 1.22. The summed E-state index contributed by atoms with van der Waals surface area (Å²) in [6.07, 6.45) is 5.96. The Bertz CT molecular complexity index is 1440. The number of carbonyl (C=O) groups excluding carboxylic acids is 1. The summed E-state index contributed by atoms with van der Waals surface area (Å²) in [5, 5.41) is 12.9. The van der Waals surface area contributed by atoms with Gasteiger partial charge >= 0.3 is 5.97 Å². The van der Waals surface area contributed by atoms with Crippen LogP contribution in [0, 0.1) is 5.92 Å². The summed E-state index contributed by atoms with van der Waals surface area (Å²) in [5.41, 5.74) is 2.51. The first kappa shape index (κ1) is 32.9. The van der Waals surface area contributed by atoms with Crippen molar-refractivity contribution in [3.63, 3.8) is 0 Å². The highest BCUT2D eigenvalue weighted by Crippen LogP contribution is 2.31. The molecule has 2 aromatic heterocycles. The molecule has 0 aliphatic carbocycles. The second-order valence-corrected chi connectivity index (χ2v) is 12.4. The maximum Gasteiger partial charge on any atom is 0.304 e. The van der Waals surface area contributed by atoms with Crippen molar-refractivity contribution in [1.82, 2.24) is 30.1 Å². The Balaban J connectivity index is 1.26. The van der Waals surface area contributed by atoms with Crippen LogP contribution < -0.4 is 15.0 Å². The number of aromatic nitrogens is 3. The fraction of sp³-hybridized carbons (Fsp3) is 0.469. The minimum atomic E-state index is -0.783. The molecular weight excluding hydrogens is 617 g/mol. The first-order chi connectivity index (χ1) is 21.7. The van der Waals surface area contributed by atoms with Crippen LogP contribution in [0.2, 0.25) is 10.0 Å². The van der Waals surface area contributed by atoms with Crippen molar-refractivity contribution in [2.75, 3.05) is 57.3 Å². The van der Waals surface area contributed by atoms with Crippen molar-refractivity contribution in [3.05, 3.63) is 58.3 Å². The largest absolute Gasteiger partial charge is 0.481 e. The summed E-state index contributed by atoms with van der Waals surface area (Å²) >= 11 is 12.6. The maximum absolute atomic E-state index is 12.0. The van der Waals surface area contributed by atoms with Crippen molar-refractivity contribution in [2.24, 2.45) is 5.92 Å². The van der Waals surface area contributed by atoms with Crippen LogP contribution in [0.25, 0.3) is 11.3 Å². The zero-order valence-corrected chi connectivity index (χ0v) is 26.9. The molecule has 0 saturated carbocycles. The lowest BCUT2D eigenvalue weighted by molar-refractivity contribution is -0.137. The molecule has 0 atom stereocenters. The number of nitrogens with zero attached hydrogens (tertiary/aromatic N) is 6. The van der Waals surface area contributed by atoms with Crippen molar-refractivity contribution in [3.8, 4) is 22.9 Å². The number of piperazine rings is 1. The number of pyridine rings is 1. The molecule has 240 valence electrons. The molecule has 1 aromatic carbocycles. The summed E-state index contributed by atoms with van der Waals surface area (Å²) in [7, 11) is 0. The Hall–Kier alpha value is -3.51. The average molecular weight is 657 g/mol. The predicted molar refractivity (Wildman–Crippen MR) is 174 cm³/mol. The van der Waals surface area contributed by atoms with Gasteiger partial charge in [-0.2, -0.15) is 0 Å². The molecule has 13 heteroatoms. The molecular formula is C32H39Cl2N7O4. The van der Waals surface area contributed by atoms with Crippen molar-refractivity contribution in [2.45, 2.75) is 39.2 Å². The molecule has 0 spiro atoms. The highest BCUT2D eigenvalue weighted by Gasteiger charge is 2.23. The Kier molecular flexibility index (Phi) is 11.4. The standard InChI is InChI=1S/C32H39Cl2N7O4/c1-2-35-29(42)14-22-3-6-40(7-4-22)21-23-13-28(24-16-25(33)18-26(34)17-24)38-30(15-23)45-27-19-36-32(37-20-27)41-11-9-39(10-12-41)8-5-31(43)44/h13,15-20,22H,2-12,14,21H2,1H3,(H,35,42)(H,43,44). The monoisotopic (exact) mass is 655 g/mol. The third-order valence-electron chi connectivity index (χ3n) is 8.12. The van der Waals surface area contributed by atoms with E-state index in [9.17, 15) is 9.59 Å². The van der Waals surface area contributed by atoms with E-state index in [4.69, 9.17) is 38.0 Å². The van der Waals surface area contributed by atoms with Gasteiger partial charge in [0.15, 0.2) is 5.75 Å². The molecule has 45 heavy (non-hydrogen) atoms. The molecule has 2 aliphatic rings. The Labute approximate surface area is 273 Å². The number of carbonyl (C=O) groups is 2. The van der Waals surface area contributed by atoms with Crippen LogP contribution in [0.4, 0.5) is 5.95 Å². The van der Waals surface area contributed by atoms with E-state index in [1.165, 1.54) is 0 Å². The Morgan fingerprint density at radius 1 is 0.956 bits per heavy atom. The van der Waals surface area contributed by atoms with Gasteiger partial charge in [-0.1, -0.05) is 23.2 Å². The van der Waals surface area contributed by atoms with E-state index in [2.05, 4.69) is 30.0 Å². The number of carboxylic acid groups (broad SMARTS) is 1. The SMILES string of the molecule is CCNC(=O)CC1CCN(Cc2cc(Oc3cnc(N4CCN(CCC(=O)O)CC4)nc3)nc(-c3cc(Cl)cc(Cl)c3)c2)CC1. The second-order valence-electron chi connectivity index (χ2n) is 11.5. The minimum absolute atomic E-state index is 0.129. The number of rotatable bonds is 12. The number of halogens is 2. The third-order valence-corrected chi connectivity index (χ3v) is 8.55. The van der Waals surface area contributed by atoms with E-state index in [1.807, 2.05) is 31.2 Å².